The number of β-lactam (4-membered cyclic amide) rings is 1. The molecule has 214 valence electrons. The standard InChI is InChI=1S/C19H19N7O12S2.Na/c20-18-22-11(8-39-18)14(24-38-7-13(27)36-5-9-1-3-10(4-2-9)26(31)32)16(28)23-15-12(6-37-19(21)30)25(17(15)29)40(33,34)35;/h1-4,8,12,15H,5-7H2,(H2,20,22)(H2,21,30)(H,23,28)(H,33,34,35);/q;+1/p-1/b24-14+;/t12-,15+;/m1./s1. The number of anilines is 1. The van der Waals surface area contributed by atoms with Gasteiger partial charge in [0, 0.05) is 17.5 Å². The summed E-state index contributed by atoms with van der Waals surface area (Å²) in [6, 6.07) is 1.94. The number of carbonyl (C=O) groups excluding carboxylic acids is 4. The van der Waals surface area contributed by atoms with Gasteiger partial charge in [0.15, 0.2) is 21.1 Å². The van der Waals surface area contributed by atoms with Crippen LogP contribution in [0.3, 0.4) is 0 Å². The molecule has 0 spiro atoms. The molecule has 1 saturated heterocycles. The monoisotopic (exact) mass is 623 g/mol. The van der Waals surface area contributed by atoms with Crippen LogP contribution in [0.1, 0.15) is 11.3 Å². The van der Waals surface area contributed by atoms with E-state index in [0.29, 0.717) is 5.56 Å². The van der Waals surface area contributed by atoms with Gasteiger partial charge in [-0.3, -0.25) is 19.7 Å². The Kier molecular flexibility index (Phi) is 11.5. The Morgan fingerprint density at radius 2 is 1.88 bits per heavy atom. The van der Waals surface area contributed by atoms with Crippen LogP contribution in [0.2, 0.25) is 0 Å². The first-order chi connectivity index (χ1) is 18.8. The van der Waals surface area contributed by atoms with Gasteiger partial charge in [-0.2, -0.15) is 0 Å². The Hall–Kier alpha value is -3.89. The molecule has 2 heterocycles. The molecule has 0 saturated carbocycles. The molecule has 22 heteroatoms. The molecule has 3 rings (SSSR count). The molecule has 2 aromatic rings. The summed E-state index contributed by atoms with van der Waals surface area (Å²) in [7, 11) is -5.32. The fourth-order valence-electron chi connectivity index (χ4n) is 3.16. The summed E-state index contributed by atoms with van der Waals surface area (Å²) < 4.78 is 43.5. The van der Waals surface area contributed by atoms with Gasteiger partial charge in [-0.1, -0.05) is 5.16 Å². The number of nitrogens with two attached hydrogens (primary N) is 2. The number of aromatic nitrogens is 1. The van der Waals surface area contributed by atoms with Crippen LogP contribution in [0.5, 0.6) is 0 Å². The van der Waals surface area contributed by atoms with Crippen LogP contribution in [-0.2, 0) is 45.6 Å². The van der Waals surface area contributed by atoms with E-state index in [0.717, 1.165) is 11.3 Å². The molecular weight excluding hydrogens is 605 g/mol. The molecule has 1 fully saturated rings. The average Bonchev–Trinajstić information content (AvgIpc) is 3.30. The number of benzene rings is 1. The van der Waals surface area contributed by atoms with Crippen molar-refractivity contribution in [3.63, 3.8) is 0 Å². The number of carbonyl (C=O) groups is 4. The summed E-state index contributed by atoms with van der Waals surface area (Å²) in [6.07, 6.45) is -1.33. The first-order valence-corrected chi connectivity index (χ1v) is 12.8. The van der Waals surface area contributed by atoms with Crippen molar-refractivity contribution in [2.45, 2.75) is 18.7 Å². The van der Waals surface area contributed by atoms with Crippen molar-refractivity contribution >= 4 is 62.0 Å². The molecule has 5 N–H and O–H groups in total. The van der Waals surface area contributed by atoms with E-state index in [1.165, 1.54) is 29.6 Å². The fraction of sp³-hybridized carbons (Fsp3) is 0.263. The predicted molar refractivity (Wildman–Crippen MR) is 130 cm³/mol. The molecular formula is C19H18N7NaO12S2. The third kappa shape index (κ3) is 8.80. The number of nitro benzene ring substituents is 1. The molecule has 0 bridgehead atoms. The third-order valence-electron chi connectivity index (χ3n) is 4.96. The second kappa shape index (κ2) is 14.1. The van der Waals surface area contributed by atoms with Gasteiger partial charge in [0.2, 0.25) is 6.61 Å². The summed E-state index contributed by atoms with van der Waals surface area (Å²) in [6.45, 7) is -1.89. The number of hydrogen-bond donors (Lipinski definition) is 3. The summed E-state index contributed by atoms with van der Waals surface area (Å²) in [4.78, 5) is 66.9. The van der Waals surface area contributed by atoms with E-state index in [1.54, 1.807) is 0 Å². The van der Waals surface area contributed by atoms with Crippen LogP contribution in [0.4, 0.5) is 15.6 Å². The summed E-state index contributed by atoms with van der Waals surface area (Å²) in [5.74, 6) is -3.42. The van der Waals surface area contributed by atoms with Gasteiger partial charge in [-0.05, 0) is 17.7 Å². The number of oxime groups is 1. The van der Waals surface area contributed by atoms with E-state index in [4.69, 9.17) is 21.0 Å². The van der Waals surface area contributed by atoms with Crippen molar-refractivity contribution in [2.75, 3.05) is 18.9 Å². The first-order valence-electron chi connectivity index (χ1n) is 10.6. The van der Waals surface area contributed by atoms with Gasteiger partial charge >= 0.3 is 41.6 Å². The molecule has 0 radical (unpaired) electrons. The number of hydrogen-bond acceptors (Lipinski definition) is 16. The zero-order chi connectivity index (χ0) is 29.6. The number of esters is 1. The summed E-state index contributed by atoms with van der Waals surface area (Å²) in [5.41, 5.74) is 9.95. The minimum Gasteiger partial charge on any atom is -0.731 e. The molecule has 41 heavy (non-hydrogen) atoms. The molecule has 3 amide bonds. The number of non-ortho nitro benzene ring substituents is 1. The Balaban J connectivity index is 0.00000588. The van der Waals surface area contributed by atoms with Crippen molar-refractivity contribution < 1.29 is 80.9 Å². The fourth-order valence-corrected chi connectivity index (χ4v) is 4.56. The molecule has 1 aliphatic heterocycles. The van der Waals surface area contributed by atoms with Crippen LogP contribution in [0.25, 0.3) is 0 Å². The van der Waals surface area contributed by atoms with Gasteiger partial charge in [0.1, 0.15) is 31.0 Å². The van der Waals surface area contributed by atoms with Crippen molar-refractivity contribution in [3.05, 3.63) is 51.0 Å². The molecule has 1 aliphatic rings. The number of nitrogen functional groups attached to an aromatic ring is 1. The van der Waals surface area contributed by atoms with Gasteiger partial charge in [0.05, 0.1) is 4.92 Å². The third-order valence-corrected chi connectivity index (χ3v) is 6.56. The van der Waals surface area contributed by atoms with Gasteiger partial charge in [0.25, 0.3) is 17.5 Å². The Labute approximate surface area is 256 Å². The van der Waals surface area contributed by atoms with Crippen molar-refractivity contribution in [1.29, 1.82) is 0 Å². The largest absolute Gasteiger partial charge is 1.00 e. The van der Waals surface area contributed by atoms with Gasteiger partial charge in [-0.15, -0.1) is 11.3 Å². The SMILES string of the molecule is NC(=O)OC[C@@H]1[C@H](NC(=O)/C(=N/OCC(=O)OCc2ccc([N+](=O)[O-])cc2)c2csc(N)n2)C(=O)N1S(=O)(=O)[O-].[Na+]. The first kappa shape index (κ1) is 33.3. The summed E-state index contributed by atoms with van der Waals surface area (Å²) >= 11 is 0.903. The Morgan fingerprint density at radius 3 is 2.41 bits per heavy atom. The zero-order valence-electron chi connectivity index (χ0n) is 20.8. The van der Waals surface area contributed by atoms with E-state index in [1.807, 2.05) is 0 Å². The smallest absolute Gasteiger partial charge is 0.731 e. The van der Waals surface area contributed by atoms with E-state index in [9.17, 15) is 42.3 Å². The van der Waals surface area contributed by atoms with Crippen LogP contribution < -0.4 is 46.3 Å². The molecule has 0 aliphatic carbocycles. The number of thiazole rings is 1. The molecule has 0 unspecified atom stereocenters. The Morgan fingerprint density at radius 1 is 1.22 bits per heavy atom. The predicted octanol–water partition coefficient (Wildman–Crippen LogP) is -4.65. The number of nitrogens with zero attached hydrogens (tertiary/aromatic N) is 4. The number of nitrogens with one attached hydrogen (secondary N) is 1. The zero-order valence-corrected chi connectivity index (χ0v) is 24.5. The quantitative estimate of drug-likeness (QED) is 0.0381. The molecule has 1 aromatic heterocycles. The molecule has 19 nitrogen and oxygen atoms in total. The van der Waals surface area contributed by atoms with Gasteiger partial charge < -0.3 is 35.6 Å². The van der Waals surface area contributed by atoms with E-state index < -0.39 is 70.1 Å². The number of amides is 3. The molecule has 2 atom stereocenters. The average molecular weight is 624 g/mol. The van der Waals surface area contributed by atoms with E-state index in [-0.39, 0.29) is 57.0 Å². The maximum absolute atomic E-state index is 12.9. The maximum atomic E-state index is 12.9. The van der Waals surface area contributed by atoms with Crippen LogP contribution >= 0.6 is 11.3 Å². The maximum Gasteiger partial charge on any atom is 1.00 e. The van der Waals surface area contributed by atoms with E-state index >= 15 is 0 Å². The molecule has 1 aromatic carbocycles. The minimum absolute atomic E-state index is 0. The number of nitro groups is 1. The van der Waals surface area contributed by atoms with Gasteiger partial charge in [-0.25, -0.2) is 27.3 Å². The van der Waals surface area contributed by atoms with Crippen LogP contribution in [0, 0.1) is 10.1 Å². The minimum atomic E-state index is -5.32. The van der Waals surface area contributed by atoms with Crippen molar-refractivity contribution in [3.8, 4) is 0 Å². The van der Waals surface area contributed by atoms with Crippen LogP contribution in [-0.4, -0.2) is 82.1 Å². The Bertz CT molecular complexity index is 1460. The van der Waals surface area contributed by atoms with Crippen molar-refractivity contribution in [1.82, 2.24) is 14.6 Å². The van der Waals surface area contributed by atoms with Crippen molar-refractivity contribution in [2.24, 2.45) is 10.9 Å². The second-order valence-corrected chi connectivity index (χ2v) is 9.75. The number of primary amides is 1. The van der Waals surface area contributed by atoms with E-state index in [2.05, 4.69) is 20.2 Å². The summed E-state index contributed by atoms with van der Waals surface area (Å²) in [5, 5.41) is 17.7. The normalized spacial score (nSPS) is 16.6. The number of ether oxygens (including phenoxy) is 2. The second-order valence-electron chi connectivity index (χ2n) is 7.61. The topological polar surface area (TPSA) is 289 Å². The number of rotatable bonds is 12. The van der Waals surface area contributed by atoms with Crippen LogP contribution in [0.15, 0.2) is 34.8 Å².